The van der Waals surface area contributed by atoms with Crippen LogP contribution in [-0.4, -0.2) is 47.3 Å². The molecule has 1 aromatic heterocycles. The molecule has 0 aliphatic carbocycles. The van der Waals surface area contributed by atoms with Crippen LogP contribution in [0.2, 0.25) is 0 Å². The Morgan fingerprint density at radius 1 is 1.28 bits per heavy atom. The average molecular weight is 440 g/mol. The highest BCUT2D eigenvalue weighted by Crippen LogP contribution is 2.33. The summed E-state index contributed by atoms with van der Waals surface area (Å²) in [6, 6.07) is 9.72. The SMILES string of the molecule is COc1cccc(F)c1-c1nccc(C(=O)Nc2cc(F)ccc2N2CCCC2CO)n1. The number of anilines is 2. The fourth-order valence-electron chi connectivity index (χ4n) is 3.88. The van der Waals surface area contributed by atoms with Gasteiger partial charge in [-0.2, -0.15) is 0 Å². The van der Waals surface area contributed by atoms with Crippen molar-refractivity contribution in [3.05, 3.63) is 66.0 Å². The minimum Gasteiger partial charge on any atom is -0.496 e. The van der Waals surface area contributed by atoms with E-state index in [0.717, 1.165) is 12.8 Å². The normalized spacial score (nSPS) is 15.6. The molecule has 0 radical (unpaired) electrons. The number of hydrogen-bond donors (Lipinski definition) is 2. The van der Waals surface area contributed by atoms with Crippen LogP contribution in [0.1, 0.15) is 23.3 Å². The van der Waals surface area contributed by atoms with Crippen LogP contribution in [-0.2, 0) is 0 Å². The fourth-order valence-corrected chi connectivity index (χ4v) is 3.88. The molecule has 7 nitrogen and oxygen atoms in total. The molecule has 9 heteroatoms. The van der Waals surface area contributed by atoms with Gasteiger partial charge in [0.1, 0.15) is 23.1 Å². The first kappa shape index (κ1) is 21.6. The molecule has 166 valence electrons. The topological polar surface area (TPSA) is 87.6 Å². The van der Waals surface area contributed by atoms with Gasteiger partial charge in [-0.25, -0.2) is 18.7 Å². The number of aliphatic hydroxyl groups excluding tert-OH is 1. The number of aromatic nitrogens is 2. The van der Waals surface area contributed by atoms with Crippen molar-refractivity contribution in [1.82, 2.24) is 9.97 Å². The number of ether oxygens (including phenoxy) is 1. The maximum Gasteiger partial charge on any atom is 0.274 e. The lowest BCUT2D eigenvalue weighted by Crippen LogP contribution is -2.33. The van der Waals surface area contributed by atoms with Gasteiger partial charge in [-0.15, -0.1) is 0 Å². The van der Waals surface area contributed by atoms with Gasteiger partial charge in [0.2, 0.25) is 0 Å². The van der Waals surface area contributed by atoms with Crippen molar-refractivity contribution >= 4 is 17.3 Å². The van der Waals surface area contributed by atoms with Crippen molar-refractivity contribution in [3.8, 4) is 17.1 Å². The molecule has 2 heterocycles. The minimum atomic E-state index is -0.601. The molecule has 1 unspecified atom stereocenters. The molecule has 0 bridgehead atoms. The first-order valence-electron chi connectivity index (χ1n) is 10.2. The number of hydrogen-bond acceptors (Lipinski definition) is 6. The highest BCUT2D eigenvalue weighted by atomic mass is 19.1. The molecule has 1 aliphatic rings. The predicted molar refractivity (Wildman–Crippen MR) is 116 cm³/mol. The quantitative estimate of drug-likeness (QED) is 0.609. The second kappa shape index (κ2) is 9.27. The van der Waals surface area contributed by atoms with Crippen LogP contribution in [0, 0.1) is 11.6 Å². The molecule has 2 N–H and O–H groups in total. The maximum atomic E-state index is 14.4. The van der Waals surface area contributed by atoms with Crippen molar-refractivity contribution in [2.24, 2.45) is 0 Å². The number of nitrogens with one attached hydrogen (secondary N) is 1. The summed E-state index contributed by atoms with van der Waals surface area (Å²) in [5.41, 5.74) is 0.898. The molecule has 4 rings (SSSR count). The molecular weight excluding hydrogens is 418 g/mol. The Balaban J connectivity index is 1.65. The van der Waals surface area contributed by atoms with Gasteiger partial charge in [-0.3, -0.25) is 4.79 Å². The molecule has 1 atom stereocenters. The van der Waals surface area contributed by atoms with Crippen LogP contribution in [0.5, 0.6) is 5.75 Å². The lowest BCUT2D eigenvalue weighted by molar-refractivity contribution is 0.102. The third kappa shape index (κ3) is 4.24. The van der Waals surface area contributed by atoms with Crippen LogP contribution in [0.3, 0.4) is 0 Å². The number of nitrogens with zero attached hydrogens (tertiary/aromatic N) is 3. The molecule has 1 aliphatic heterocycles. The summed E-state index contributed by atoms with van der Waals surface area (Å²) >= 11 is 0. The number of carbonyl (C=O) groups is 1. The number of rotatable bonds is 6. The second-order valence-corrected chi connectivity index (χ2v) is 7.37. The first-order valence-corrected chi connectivity index (χ1v) is 10.2. The van der Waals surface area contributed by atoms with Gasteiger partial charge in [-0.05, 0) is 49.2 Å². The summed E-state index contributed by atoms with van der Waals surface area (Å²) in [4.78, 5) is 23.2. The van der Waals surface area contributed by atoms with Gasteiger partial charge < -0.3 is 20.1 Å². The van der Waals surface area contributed by atoms with E-state index >= 15 is 0 Å². The maximum absolute atomic E-state index is 14.4. The Hall–Kier alpha value is -3.59. The van der Waals surface area contributed by atoms with Crippen molar-refractivity contribution in [3.63, 3.8) is 0 Å². The van der Waals surface area contributed by atoms with Crippen molar-refractivity contribution in [2.45, 2.75) is 18.9 Å². The monoisotopic (exact) mass is 440 g/mol. The molecule has 32 heavy (non-hydrogen) atoms. The molecule has 0 saturated carbocycles. The number of methoxy groups -OCH3 is 1. The van der Waals surface area contributed by atoms with E-state index < -0.39 is 17.5 Å². The van der Waals surface area contributed by atoms with E-state index in [9.17, 15) is 18.7 Å². The molecule has 2 aromatic carbocycles. The summed E-state index contributed by atoms with van der Waals surface area (Å²) in [5, 5.41) is 12.3. The first-order chi connectivity index (χ1) is 15.5. The molecule has 1 saturated heterocycles. The summed E-state index contributed by atoms with van der Waals surface area (Å²) in [6.45, 7) is 0.648. The number of benzene rings is 2. The van der Waals surface area contributed by atoms with Crippen molar-refractivity contribution < 1.29 is 23.4 Å². The van der Waals surface area contributed by atoms with Crippen LogP contribution in [0.4, 0.5) is 20.2 Å². The summed E-state index contributed by atoms with van der Waals surface area (Å²) in [7, 11) is 1.40. The molecule has 1 fully saturated rings. The second-order valence-electron chi connectivity index (χ2n) is 7.37. The molecule has 3 aromatic rings. The van der Waals surface area contributed by atoms with E-state index in [0.29, 0.717) is 12.2 Å². The highest BCUT2D eigenvalue weighted by molar-refractivity contribution is 6.05. The number of halogens is 2. The van der Waals surface area contributed by atoms with E-state index in [-0.39, 0.29) is 41.2 Å². The summed E-state index contributed by atoms with van der Waals surface area (Å²) in [6.07, 6.45) is 3.04. The third-order valence-electron chi connectivity index (χ3n) is 5.41. The van der Waals surface area contributed by atoms with Gasteiger partial charge in [0, 0.05) is 12.7 Å². The van der Waals surface area contributed by atoms with Crippen LogP contribution in [0.15, 0.2) is 48.7 Å². The van der Waals surface area contributed by atoms with Crippen LogP contribution < -0.4 is 15.0 Å². The number of aliphatic hydroxyl groups is 1. The predicted octanol–water partition coefficient (Wildman–Crippen LogP) is 3.64. The largest absolute Gasteiger partial charge is 0.496 e. The van der Waals surface area contributed by atoms with Gasteiger partial charge in [0.25, 0.3) is 5.91 Å². The van der Waals surface area contributed by atoms with Crippen molar-refractivity contribution in [1.29, 1.82) is 0 Å². The van der Waals surface area contributed by atoms with E-state index in [1.165, 1.54) is 43.6 Å². The minimum absolute atomic E-state index is 0.00745. The Kier molecular flexibility index (Phi) is 6.27. The van der Waals surface area contributed by atoms with E-state index in [1.54, 1.807) is 12.1 Å². The lowest BCUT2D eigenvalue weighted by atomic mass is 10.1. The zero-order valence-corrected chi connectivity index (χ0v) is 17.4. The van der Waals surface area contributed by atoms with Crippen molar-refractivity contribution in [2.75, 3.05) is 30.5 Å². The Bertz CT molecular complexity index is 1140. The highest BCUT2D eigenvalue weighted by Gasteiger charge is 2.27. The lowest BCUT2D eigenvalue weighted by Gasteiger charge is -2.27. The Morgan fingerprint density at radius 2 is 2.12 bits per heavy atom. The van der Waals surface area contributed by atoms with Gasteiger partial charge in [0.05, 0.1) is 36.7 Å². The zero-order chi connectivity index (χ0) is 22.7. The van der Waals surface area contributed by atoms with E-state index in [2.05, 4.69) is 15.3 Å². The van der Waals surface area contributed by atoms with Gasteiger partial charge in [-0.1, -0.05) is 6.07 Å². The number of amides is 1. The summed E-state index contributed by atoms with van der Waals surface area (Å²) < 4.78 is 33.6. The summed E-state index contributed by atoms with van der Waals surface area (Å²) in [5.74, 6) is -1.47. The van der Waals surface area contributed by atoms with Gasteiger partial charge >= 0.3 is 0 Å². The zero-order valence-electron chi connectivity index (χ0n) is 17.4. The van der Waals surface area contributed by atoms with E-state index in [1.807, 2.05) is 4.90 Å². The van der Waals surface area contributed by atoms with E-state index in [4.69, 9.17) is 4.74 Å². The van der Waals surface area contributed by atoms with Crippen LogP contribution in [0.25, 0.3) is 11.4 Å². The standard InChI is InChI=1S/C23H22F2N4O3/c1-32-20-6-2-5-16(25)21(20)22-26-10-9-17(27-22)23(31)28-18-12-14(24)7-8-19(18)29-11-3-4-15(29)13-30/h2,5-10,12,15,30H,3-4,11,13H2,1H3,(H,28,31). The molecule has 0 spiro atoms. The Labute approximate surface area is 183 Å². The molecule has 1 amide bonds. The average Bonchev–Trinajstić information content (AvgIpc) is 3.27. The van der Waals surface area contributed by atoms with Crippen LogP contribution >= 0.6 is 0 Å². The Morgan fingerprint density at radius 3 is 2.91 bits per heavy atom. The third-order valence-corrected chi connectivity index (χ3v) is 5.41. The molecular formula is C23H22F2N4O3. The number of carbonyl (C=O) groups excluding carboxylic acids is 1. The fraction of sp³-hybridized carbons (Fsp3) is 0.261. The smallest absolute Gasteiger partial charge is 0.274 e. The van der Waals surface area contributed by atoms with Gasteiger partial charge in [0.15, 0.2) is 5.82 Å².